The lowest BCUT2D eigenvalue weighted by Gasteiger charge is -2.06. The molecule has 0 aromatic rings. The fraction of sp³-hybridized carbons (Fsp3) is 0.941. The van der Waals surface area contributed by atoms with Crippen LogP contribution in [0.4, 0.5) is 0 Å². The quantitative estimate of drug-likeness (QED) is 0.0346. The second-order valence-corrected chi connectivity index (χ2v) is 22.7. The number of ether oxygens (including phenoxy) is 2. The van der Waals surface area contributed by atoms with Crippen molar-refractivity contribution in [2.24, 2.45) is 0 Å². The summed E-state index contributed by atoms with van der Waals surface area (Å²) in [6, 6.07) is 0. The first kappa shape index (κ1) is 72.8. The number of hydrogen-bond donors (Lipinski definition) is 0. The molecule has 0 N–H and O–H groups in total. The molecule has 4 nitrogen and oxygen atoms in total. The average molecular weight is 1020 g/mol. The van der Waals surface area contributed by atoms with Crippen LogP contribution in [-0.2, 0) is 19.1 Å². The molecule has 0 bridgehead atoms. The number of allylic oxidation sites excluding steroid dienone is 2. The Bertz CT molecular complexity index is 1010. The second-order valence-electron chi connectivity index (χ2n) is 22.7. The van der Waals surface area contributed by atoms with Crippen LogP contribution in [0.1, 0.15) is 400 Å². The van der Waals surface area contributed by atoms with Crippen molar-refractivity contribution >= 4 is 11.9 Å². The van der Waals surface area contributed by atoms with Gasteiger partial charge in [-0.1, -0.05) is 348 Å². The van der Waals surface area contributed by atoms with Gasteiger partial charge in [-0.3, -0.25) is 9.59 Å². The molecule has 430 valence electrons. The van der Waals surface area contributed by atoms with Crippen molar-refractivity contribution in [1.82, 2.24) is 0 Å². The van der Waals surface area contributed by atoms with Gasteiger partial charge in [0.05, 0.1) is 13.2 Å². The highest BCUT2D eigenvalue weighted by Crippen LogP contribution is 2.17. The highest BCUT2D eigenvalue weighted by molar-refractivity contribution is 5.69. The van der Waals surface area contributed by atoms with E-state index in [0.29, 0.717) is 26.1 Å². The van der Waals surface area contributed by atoms with Gasteiger partial charge < -0.3 is 9.47 Å². The van der Waals surface area contributed by atoms with Crippen molar-refractivity contribution in [2.45, 2.75) is 400 Å². The molecular weight excluding hydrogens is 881 g/mol. The summed E-state index contributed by atoms with van der Waals surface area (Å²) >= 11 is 0. The highest BCUT2D eigenvalue weighted by Gasteiger charge is 2.05. The summed E-state index contributed by atoms with van der Waals surface area (Å²) in [6.45, 7) is 10.4. The van der Waals surface area contributed by atoms with E-state index in [-0.39, 0.29) is 11.9 Å². The Hall–Kier alpha value is -1.32. The summed E-state index contributed by atoms with van der Waals surface area (Å²) in [6.07, 6.45) is 81.3. The molecule has 0 aliphatic rings. The lowest BCUT2D eigenvalue weighted by Crippen LogP contribution is -2.05. The maximum Gasteiger partial charge on any atom is 0.305 e. The summed E-state index contributed by atoms with van der Waals surface area (Å²) in [5.41, 5.74) is 0. The minimum Gasteiger partial charge on any atom is -0.466 e. The maximum absolute atomic E-state index is 11.9. The monoisotopic (exact) mass is 1020 g/mol. The lowest BCUT2D eigenvalue weighted by atomic mass is 10.0. The zero-order valence-corrected chi connectivity index (χ0v) is 50.2. The van der Waals surface area contributed by atoms with E-state index in [4.69, 9.17) is 9.47 Å². The maximum atomic E-state index is 11.9. The number of carbonyl (C=O) groups excluding carboxylic acids is 2. The fourth-order valence-corrected chi connectivity index (χ4v) is 10.1. The summed E-state index contributed by atoms with van der Waals surface area (Å²) < 4.78 is 10.8. The van der Waals surface area contributed by atoms with Gasteiger partial charge in [0.1, 0.15) is 0 Å². The van der Waals surface area contributed by atoms with Crippen LogP contribution >= 0.6 is 0 Å². The molecule has 0 radical (unpaired) electrons. The van der Waals surface area contributed by atoms with Crippen molar-refractivity contribution in [3.8, 4) is 0 Å². The fourth-order valence-electron chi connectivity index (χ4n) is 10.1. The first-order chi connectivity index (χ1) is 35.6. The van der Waals surface area contributed by atoms with Crippen LogP contribution in [0.3, 0.4) is 0 Å². The molecule has 0 fully saturated rings. The molecular formula is C68H134O4. The Morgan fingerprint density at radius 1 is 0.222 bits per heavy atom. The Labute approximate surface area is 454 Å². The third-order valence-electron chi connectivity index (χ3n) is 15.1. The third-order valence-corrected chi connectivity index (χ3v) is 15.1. The zero-order chi connectivity index (χ0) is 52.4. The van der Waals surface area contributed by atoms with Gasteiger partial charge in [-0.2, -0.15) is 0 Å². The van der Waals surface area contributed by atoms with Crippen molar-refractivity contribution in [1.29, 1.82) is 0 Å². The van der Waals surface area contributed by atoms with E-state index in [2.05, 4.69) is 39.8 Å². The van der Waals surface area contributed by atoms with Crippen molar-refractivity contribution in [2.75, 3.05) is 13.2 Å². The van der Waals surface area contributed by atoms with Gasteiger partial charge in [0.2, 0.25) is 0 Å². The van der Waals surface area contributed by atoms with E-state index >= 15 is 0 Å². The van der Waals surface area contributed by atoms with Crippen LogP contribution in [-0.4, -0.2) is 25.2 Å². The number of esters is 2. The molecule has 4 heteroatoms. The van der Waals surface area contributed by atoms with Crippen LogP contribution in [0.2, 0.25) is 0 Å². The van der Waals surface area contributed by atoms with Crippen LogP contribution in [0, 0.1) is 0 Å². The van der Waals surface area contributed by atoms with E-state index in [1.54, 1.807) is 0 Å². The highest BCUT2D eigenvalue weighted by atomic mass is 16.5. The first-order valence-electron chi connectivity index (χ1n) is 33.6. The molecule has 0 amide bonds. The Balaban J connectivity index is 0. The molecule has 0 saturated heterocycles. The second kappa shape index (κ2) is 69.7. The molecule has 0 heterocycles. The summed E-state index contributed by atoms with van der Waals surface area (Å²) in [4.78, 5) is 23.8. The van der Waals surface area contributed by atoms with Gasteiger partial charge in [-0.15, -0.1) is 0 Å². The Kier molecular flexibility index (Phi) is 70.4. The molecule has 0 unspecified atom stereocenters. The molecule has 0 rings (SSSR count). The molecule has 0 aliphatic carbocycles. The Morgan fingerprint density at radius 3 is 0.597 bits per heavy atom. The molecule has 0 spiro atoms. The van der Waals surface area contributed by atoms with Crippen molar-refractivity contribution < 1.29 is 19.1 Å². The summed E-state index contributed by atoms with van der Waals surface area (Å²) in [7, 11) is 0. The van der Waals surface area contributed by atoms with Crippen molar-refractivity contribution in [3.05, 3.63) is 12.2 Å². The van der Waals surface area contributed by atoms with E-state index in [0.717, 1.165) is 25.7 Å². The Morgan fingerprint density at radius 2 is 0.389 bits per heavy atom. The minimum atomic E-state index is 0.0223. The van der Waals surface area contributed by atoms with Gasteiger partial charge in [-0.05, 0) is 51.4 Å². The van der Waals surface area contributed by atoms with E-state index < -0.39 is 0 Å². The molecule has 0 aromatic heterocycles. The first-order valence-corrected chi connectivity index (χ1v) is 33.6. The van der Waals surface area contributed by atoms with Crippen LogP contribution in [0.25, 0.3) is 0 Å². The standard InChI is InChI=1S/C36H70O2.C32H64O2/c1-3-5-7-9-11-13-15-17-18-19-20-21-22-23-24-26-28-30-32-34-36(37)38-35-33-31-29-27-25-16-14-12-10-8-6-4-2;1-3-5-7-9-11-13-15-17-19-21-23-25-27-29-31-34-32(33)30-28-26-24-22-20-18-16-14-12-10-8-6-4-2/h17-18H,3-16,19-35H2,1-2H3;3-31H2,1-2H3/b18-17-;. The van der Waals surface area contributed by atoms with Crippen molar-refractivity contribution in [3.63, 3.8) is 0 Å². The predicted molar refractivity (Wildman–Crippen MR) is 322 cm³/mol. The van der Waals surface area contributed by atoms with E-state index in [1.807, 2.05) is 0 Å². The van der Waals surface area contributed by atoms with Crippen LogP contribution in [0.5, 0.6) is 0 Å². The minimum absolute atomic E-state index is 0.0223. The SMILES string of the molecule is CCCCCCCC/C=C\CCCCCCCCCCCC(=O)OCCCCCCCCCCCCCC.CCCCCCCCCCCCCCCCOC(=O)CCCCCCCCCCCCCCC. The van der Waals surface area contributed by atoms with Gasteiger partial charge in [0.15, 0.2) is 0 Å². The number of unbranched alkanes of at least 4 members (excludes halogenated alkanes) is 51. The normalized spacial score (nSPS) is 11.4. The predicted octanol–water partition coefficient (Wildman–Crippen LogP) is 24.3. The van der Waals surface area contributed by atoms with Gasteiger partial charge in [0, 0.05) is 12.8 Å². The largest absolute Gasteiger partial charge is 0.466 e. The van der Waals surface area contributed by atoms with Crippen LogP contribution < -0.4 is 0 Å². The molecule has 0 aliphatic heterocycles. The molecule has 0 atom stereocenters. The smallest absolute Gasteiger partial charge is 0.305 e. The zero-order valence-electron chi connectivity index (χ0n) is 50.2. The molecule has 0 saturated carbocycles. The third kappa shape index (κ3) is 70.8. The van der Waals surface area contributed by atoms with Gasteiger partial charge >= 0.3 is 11.9 Å². The topological polar surface area (TPSA) is 52.6 Å². The average Bonchev–Trinajstić information content (AvgIpc) is 3.38. The van der Waals surface area contributed by atoms with Gasteiger partial charge in [-0.25, -0.2) is 0 Å². The summed E-state index contributed by atoms with van der Waals surface area (Å²) in [5, 5.41) is 0. The number of carbonyl (C=O) groups is 2. The van der Waals surface area contributed by atoms with E-state index in [9.17, 15) is 9.59 Å². The summed E-state index contributed by atoms with van der Waals surface area (Å²) in [5.74, 6) is 0.0480. The van der Waals surface area contributed by atoms with Gasteiger partial charge in [0.25, 0.3) is 0 Å². The lowest BCUT2D eigenvalue weighted by molar-refractivity contribution is -0.144. The van der Waals surface area contributed by atoms with Crippen LogP contribution in [0.15, 0.2) is 12.2 Å². The number of hydrogen-bond acceptors (Lipinski definition) is 4. The number of rotatable bonds is 61. The van der Waals surface area contributed by atoms with E-state index in [1.165, 1.54) is 334 Å². The molecule has 72 heavy (non-hydrogen) atoms. The molecule has 0 aromatic carbocycles.